The number of nitrogens with zero attached hydrogens (tertiary/aromatic N) is 1. The third-order valence-corrected chi connectivity index (χ3v) is 2.99. The second kappa shape index (κ2) is 6.40. The lowest BCUT2D eigenvalue weighted by atomic mass is 10.1. The maximum Gasteiger partial charge on any atom is 0.162 e. The topological polar surface area (TPSA) is 29.5 Å². The Balaban J connectivity index is 2.76. The van der Waals surface area contributed by atoms with Gasteiger partial charge in [0, 0.05) is 37.9 Å². The number of methoxy groups -OCH3 is 1. The van der Waals surface area contributed by atoms with Gasteiger partial charge in [-0.15, -0.1) is 0 Å². The molecule has 0 heterocycles. The molecule has 1 atom stereocenters. The Morgan fingerprint density at radius 2 is 1.94 bits per heavy atom. The van der Waals surface area contributed by atoms with E-state index in [-0.39, 0.29) is 5.78 Å². The number of carbonyl (C=O) groups excluding carboxylic acids is 1. The summed E-state index contributed by atoms with van der Waals surface area (Å²) in [7, 11) is 3.73. The van der Waals surface area contributed by atoms with Crippen molar-refractivity contribution >= 4 is 11.5 Å². The number of hydrogen-bond acceptors (Lipinski definition) is 3. The second-order valence-corrected chi connectivity index (χ2v) is 4.24. The van der Waals surface area contributed by atoms with Crippen molar-refractivity contribution in [3.63, 3.8) is 0 Å². The van der Waals surface area contributed by atoms with E-state index in [9.17, 15) is 4.79 Å². The number of anilines is 1. The van der Waals surface area contributed by atoms with Crippen molar-refractivity contribution in [2.24, 2.45) is 0 Å². The summed E-state index contributed by atoms with van der Waals surface area (Å²) < 4.78 is 5.13. The van der Waals surface area contributed by atoms with Crippen LogP contribution in [-0.4, -0.2) is 32.6 Å². The van der Waals surface area contributed by atoms with E-state index in [1.165, 1.54) is 0 Å². The van der Waals surface area contributed by atoms with E-state index in [1.807, 2.05) is 38.2 Å². The summed E-state index contributed by atoms with van der Waals surface area (Å²) in [6, 6.07) is 8.05. The van der Waals surface area contributed by atoms with Crippen molar-refractivity contribution in [2.45, 2.75) is 26.3 Å². The fourth-order valence-electron chi connectivity index (χ4n) is 1.69. The van der Waals surface area contributed by atoms with Crippen LogP contribution in [0, 0.1) is 0 Å². The van der Waals surface area contributed by atoms with Crippen LogP contribution in [0.4, 0.5) is 5.69 Å². The molecule has 0 bridgehead atoms. The van der Waals surface area contributed by atoms with Crippen LogP contribution in [-0.2, 0) is 4.74 Å². The van der Waals surface area contributed by atoms with Crippen LogP contribution < -0.4 is 4.90 Å². The molecule has 17 heavy (non-hydrogen) atoms. The third-order valence-electron chi connectivity index (χ3n) is 2.99. The van der Waals surface area contributed by atoms with Crippen molar-refractivity contribution in [2.75, 3.05) is 25.7 Å². The maximum atomic E-state index is 11.5. The fraction of sp³-hybridized carbons (Fsp3) is 0.500. The van der Waals surface area contributed by atoms with Gasteiger partial charge >= 0.3 is 0 Å². The number of ether oxygens (including phenoxy) is 1. The van der Waals surface area contributed by atoms with Gasteiger partial charge in [0.1, 0.15) is 0 Å². The Bertz CT molecular complexity index is 359. The normalized spacial score (nSPS) is 12.2. The van der Waals surface area contributed by atoms with Crippen LogP contribution in [0.5, 0.6) is 0 Å². The molecule has 0 fully saturated rings. The third kappa shape index (κ3) is 3.56. The number of likely N-dealkylation sites (N-methyl/N-ethyl adjacent to an activating group) is 1. The van der Waals surface area contributed by atoms with Crippen molar-refractivity contribution in [3.05, 3.63) is 29.8 Å². The Morgan fingerprint density at radius 1 is 1.35 bits per heavy atom. The Kier molecular flexibility index (Phi) is 5.16. The zero-order valence-corrected chi connectivity index (χ0v) is 11.1. The maximum absolute atomic E-state index is 11.5. The van der Waals surface area contributed by atoms with Gasteiger partial charge in [-0.25, -0.2) is 0 Å². The van der Waals surface area contributed by atoms with Crippen LogP contribution >= 0.6 is 0 Å². The van der Waals surface area contributed by atoms with E-state index in [2.05, 4.69) is 11.8 Å². The molecule has 0 saturated heterocycles. The van der Waals surface area contributed by atoms with Gasteiger partial charge in [-0.3, -0.25) is 4.79 Å². The molecule has 0 saturated carbocycles. The molecule has 3 heteroatoms. The van der Waals surface area contributed by atoms with Crippen molar-refractivity contribution in [1.82, 2.24) is 0 Å². The minimum absolute atomic E-state index is 0.184. The lowest BCUT2D eigenvalue weighted by molar-refractivity contribution is 0.0988. The van der Waals surface area contributed by atoms with Gasteiger partial charge < -0.3 is 9.64 Å². The molecule has 1 aromatic carbocycles. The number of carbonyl (C=O) groups is 1. The van der Waals surface area contributed by atoms with Crippen molar-refractivity contribution < 1.29 is 9.53 Å². The van der Waals surface area contributed by atoms with E-state index in [0.29, 0.717) is 19.1 Å². The highest BCUT2D eigenvalue weighted by molar-refractivity contribution is 5.96. The Morgan fingerprint density at radius 3 is 2.41 bits per heavy atom. The molecule has 1 aromatic rings. The number of hydrogen-bond donors (Lipinski definition) is 0. The minimum atomic E-state index is 0.184. The highest BCUT2D eigenvalue weighted by Crippen LogP contribution is 2.17. The van der Waals surface area contributed by atoms with E-state index < -0.39 is 0 Å². The number of benzene rings is 1. The first-order chi connectivity index (χ1) is 8.10. The molecule has 0 aliphatic heterocycles. The van der Waals surface area contributed by atoms with Gasteiger partial charge in [-0.2, -0.15) is 0 Å². The summed E-state index contributed by atoms with van der Waals surface area (Å²) in [5.41, 5.74) is 1.88. The minimum Gasteiger partial charge on any atom is -0.383 e. The van der Waals surface area contributed by atoms with E-state index in [0.717, 1.165) is 11.3 Å². The molecule has 0 aliphatic rings. The number of rotatable bonds is 6. The lowest BCUT2D eigenvalue weighted by Gasteiger charge is -2.26. The first-order valence-corrected chi connectivity index (χ1v) is 5.95. The predicted molar refractivity (Wildman–Crippen MR) is 70.8 cm³/mol. The molecule has 0 amide bonds. The number of Topliss-reactive ketones (excluding diaryl/α,β-unsaturated/α-hetero) is 1. The fourth-order valence-corrected chi connectivity index (χ4v) is 1.69. The molecule has 0 aromatic heterocycles. The summed E-state index contributed by atoms with van der Waals surface area (Å²) in [4.78, 5) is 13.6. The van der Waals surface area contributed by atoms with Crippen molar-refractivity contribution in [3.8, 4) is 0 Å². The molecule has 1 unspecified atom stereocenters. The summed E-state index contributed by atoms with van der Waals surface area (Å²) in [5.74, 6) is 0.184. The molecule has 3 nitrogen and oxygen atoms in total. The highest BCUT2D eigenvalue weighted by Gasteiger charge is 2.10. The highest BCUT2D eigenvalue weighted by atomic mass is 16.5. The molecule has 0 spiro atoms. The molecule has 0 N–H and O–H groups in total. The smallest absolute Gasteiger partial charge is 0.162 e. The zero-order valence-electron chi connectivity index (χ0n) is 11.1. The molecule has 0 radical (unpaired) electrons. The summed E-state index contributed by atoms with van der Waals surface area (Å²) in [6.07, 6.45) is 0.551. The van der Waals surface area contributed by atoms with Crippen LogP contribution in [0.3, 0.4) is 0 Å². The van der Waals surface area contributed by atoms with Gasteiger partial charge in [0.2, 0.25) is 0 Å². The quantitative estimate of drug-likeness (QED) is 0.710. The van der Waals surface area contributed by atoms with Gasteiger partial charge in [0.15, 0.2) is 5.78 Å². The predicted octanol–water partition coefficient (Wildman–Crippen LogP) is 2.75. The molecular formula is C14H21NO2. The van der Waals surface area contributed by atoms with Crippen LogP contribution in [0.1, 0.15) is 30.6 Å². The van der Waals surface area contributed by atoms with E-state index >= 15 is 0 Å². The van der Waals surface area contributed by atoms with Gasteiger partial charge in [-0.05, 0) is 31.2 Å². The summed E-state index contributed by atoms with van der Waals surface area (Å²) in [6.45, 7) is 4.67. The average molecular weight is 235 g/mol. The van der Waals surface area contributed by atoms with Crippen LogP contribution in [0.15, 0.2) is 24.3 Å². The van der Waals surface area contributed by atoms with Crippen molar-refractivity contribution in [1.29, 1.82) is 0 Å². The molecular weight excluding hydrogens is 214 g/mol. The van der Waals surface area contributed by atoms with E-state index in [4.69, 9.17) is 4.74 Å². The summed E-state index contributed by atoms with van der Waals surface area (Å²) in [5, 5.41) is 0. The van der Waals surface area contributed by atoms with E-state index in [1.54, 1.807) is 7.11 Å². The SMILES string of the molecule is CCC(=O)c1ccc(N(C)C(C)COC)cc1. The lowest BCUT2D eigenvalue weighted by Crippen LogP contribution is -2.32. The largest absolute Gasteiger partial charge is 0.383 e. The van der Waals surface area contributed by atoms with Gasteiger partial charge in [0.05, 0.1) is 6.61 Å². The first-order valence-electron chi connectivity index (χ1n) is 5.95. The Hall–Kier alpha value is -1.35. The molecule has 1 rings (SSSR count). The second-order valence-electron chi connectivity index (χ2n) is 4.24. The first kappa shape index (κ1) is 13.7. The zero-order chi connectivity index (χ0) is 12.8. The monoisotopic (exact) mass is 235 g/mol. The standard InChI is InChI=1S/C14H21NO2/c1-5-14(16)12-6-8-13(9-7-12)15(3)11(2)10-17-4/h6-9,11H,5,10H2,1-4H3. The number of ketones is 1. The van der Waals surface area contributed by atoms with Crippen LogP contribution in [0.2, 0.25) is 0 Å². The van der Waals surface area contributed by atoms with Gasteiger partial charge in [0.25, 0.3) is 0 Å². The van der Waals surface area contributed by atoms with Crippen LogP contribution in [0.25, 0.3) is 0 Å². The molecule has 94 valence electrons. The average Bonchev–Trinajstić information content (AvgIpc) is 2.37. The van der Waals surface area contributed by atoms with Gasteiger partial charge in [-0.1, -0.05) is 6.92 Å². The summed E-state index contributed by atoms with van der Waals surface area (Å²) >= 11 is 0. The molecule has 0 aliphatic carbocycles. The Labute approximate surface area is 103 Å².